The molecule has 1 fully saturated rings. The van der Waals surface area contributed by atoms with Crippen LogP contribution in [0, 0.1) is 23.5 Å². The second kappa shape index (κ2) is 65.3. The lowest BCUT2D eigenvalue weighted by atomic mass is 9.90. The number of benzene rings is 4. The zero-order chi connectivity index (χ0) is 106. The SMILES string of the molecule is CCCCCCCCCCCCCCCC(=O)N[C@@H](CCC(=O)NCCOCCOCC(=O)NCCOCCOCC(=O)NCCCC[C@@H]1NC(=O)[C@H](Cc2c[nH]c3ccc(F)cc23)NC(=O)[C@H](Cc2c[nH]c3ccc(F)cc23)CC(=O)[C@@H](C)NC(=O)[C@H](CCCCN)NC(=O)CCSCc2cccc(c2)CSC[C@@H](C(N)=O)NC(=O)[C@]2(C)CCCN2C(=O)[C@H](Cc2ccc(O)cc2)NC(=O)[C@H]([C@@H](C)O)CC1=O)C(=O)O. The van der Waals surface area contributed by atoms with E-state index in [9.17, 15) is 63.3 Å². The van der Waals surface area contributed by atoms with Crippen LogP contribution in [0.25, 0.3) is 21.8 Å². The Morgan fingerprint density at radius 2 is 1.12 bits per heavy atom. The van der Waals surface area contributed by atoms with Gasteiger partial charge in [0.15, 0.2) is 11.6 Å². The van der Waals surface area contributed by atoms with Gasteiger partial charge in [-0.25, -0.2) is 13.6 Å². The van der Waals surface area contributed by atoms with Crippen molar-refractivity contribution in [1.82, 2.24) is 68.0 Å². The number of halogens is 2. The Hall–Kier alpha value is -11.5. The van der Waals surface area contributed by atoms with Crippen molar-refractivity contribution in [2.75, 3.05) is 97.1 Å². The predicted octanol–water partition coefficient (Wildman–Crippen LogP) is 8.10. The Kier molecular flexibility index (Phi) is 53.6. The highest BCUT2D eigenvalue weighted by atomic mass is 32.2. The molecule has 12 amide bonds. The Bertz CT molecular complexity index is 5210. The highest BCUT2D eigenvalue weighted by molar-refractivity contribution is 7.98. The van der Waals surface area contributed by atoms with Crippen molar-refractivity contribution in [2.24, 2.45) is 23.3 Å². The summed E-state index contributed by atoms with van der Waals surface area (Å²) < 4.78 is 52.5. The number of carbonyl (C=O) groups is 15. The number of phenolic OH excluding ortho intramolecular Hbond substituents is 1. The molecule has 2 aromatic heterocycles. The molecule has 1 saturated heterocycles. The zero-order valence-corrected chi connectivity index (χ0v) is 86.2. The number of aromatic amines is 2. The van der Waals surface area contributed by atoms with Crippen molar-refractivity contribution < 1.29 is 115 Å². The monoisotopic (exact) mass is 2080 g/mol. The van der Waals surface area contributed by atoms with Crippen LogP contribution in [-0.4, -0.2) is 270 Å². The van der Waals surface area contributed by atoms with E-state index in [1.807, 2.05) is 24.3 Å². The summed E-state index contributed by atoms with van der Waals surface area (Å²) >= 11 is 2.79. The molecule has 11 atom stereocenters. The first-order valence-electron chi connectivity index (χ1n) is 51.2. The van der Waals surface area contributed by atoms with E-state index in [1.165, 1.54) is 180 Å². The second-order valence-electron chi connectivity index (χ2n) is 37.8. The summed E-state index contributed by atoms with van der Waals surface area (Å²) in [4.78, 5) is 218. The minimum absolute atomic E-state index is 0.00172. The van der Waals surface area contributed by atoms with Crippen molar-refractivity contribution >= 4 is 134 Å². The fourth-order valence-electron chi connectivity index (χ4n) is 17.5. The number of amides is 12. The fraction of sp³-hybridized carbons (Fsp3) is 0.590. The van der Waals surface area contributed by atoms with Gasteiger partial charge in [-0.15, -0.1) is 0 Å². The molecule has 41 heteroatoms. The molecule has 6 aromatic rings. The summed E-state index contributed by atoms with van der Waals surface area (Å²) in [6.45, 7) is 6.58. The zero-order valence-electron chi connectivity index (χ0n) is 84.5. The van der Waals surface area contributed by atoms with Gasteiger partial charge in [0.2, 0.25) is 70.9 Å². The van der Waals surface area contributed by atoms with Crippen molar-refractivity contribution in [3.8, 4) is 5.75 Å². The van der Waals surface area contributed by atoms with E-state index in [0.717, 1.165) is 30.4 Å². The fourth-order valence-corrected chi connectivity index (χ4v) is 19.4. The highest BCUT2D eigenvalue weighted by Crippen LogP contribution is 2.33. The first-order chi connectivity index (χ1) is 70.2. The molecule has 4 heterocycles. The van der Waals surface area contributed by atoms with E-state index >= 15 is 32.8 Å². The van der Waals surface area contributed by atoms with Gasteiger partial charge in [0, 0.05) is 134 Å². The predicted molar refractivity (Wildman–Crippen MR) is 551 cm³/mol. The molecule has 37 nitrogen and oxygen atoms in total. The third-order valence-electron chi connectivity index (χ3n) is 26.0. The van der Waals surface area contributed by atoms with Gasteiger partial charge >= 0.3 is 5.97 Å². The summed E-state index contributed by atoms with van der Waals surface area (Å²) in [6, 6.07) is 11.6. The Morgan fingerprint density at radius 1 is 0.562 bits per heavy atom. The van der Waals surface area contributed by atoms with E-state index in [4.69, 9.17) is 30.4 Å². The number of ketones is 2. The maximum absolute atomic E-state index is 15.7. The number of hydrogen-bond acceptors (Lipinski definition) is 24. The number of H-pyrrole nitrogens is 2. The molecule has 0 spiro atoms. The van der Waals surface area contributed by atoms with Crippen LogP contribution >= 0.6 is 23.5 Å². The number of aromatic nitrogens is 2. The lowest BCUT2D eigenvalue weighted by Gasteiger charge is -2.37. The van der Waals surface area contributed by atoms with E-state index in [1.54, 1.807) is 0 Å². The number of thioether (sulfide) groups is 2. The van der Waals surface area contributed by atoms with Gasteiger partial charge in [-0.05, 0) is 174 Å². The lowest BCUT2D eigenvalue weighted by molar-refractivity contribution is -0.147. The number of hydrogen-bond donors (Lipinski definition) is 17. The topological polar surface area (TPSA) is 561 Å². The number of carbonyl (C=O) groups excluding carboxylic acids is 14. The number of phenols is 1. The number of nitrogens with zero attached hydrogens (tertiary/aromatic N) is 1. The maximum Gasteiger partial charge on any atom is 0.326 e. The number of aliphatic hydroxyl groups is 1. The van der Waals surface area contributed by atoms with E-state index in [0.29, 0.717) is 81.4 Å². The molecule has 4 aromatic carbocycles. The van der Waals surface area contributed by atoms with Crippen molar-refractivity contribution in [3.05, 3.63) is 137 Å². The van der Waals surface area contributed by atoms with Crippen LogP contribution in [0.5, 0.6) is 5.75 Å². The summed E-state index contributed by atoms with van der Waals surface area (Å²) in [5, 5.41) is 59.7. The number of rotatable bonds is 52. The number of nitrogens with two attached hydrogens (primary N) is 2. The molecule has 0 unspecified atom stereocenters. The molecule has 0 aliphatic carbocycles. The number of ether oxygens (including phenoxy) is 4. The van der Waals surface area contributed by atoms with Gasteiger partial charge in [-0.1, -0.05) is 120 Å². The molecular weight excluding hydrogens is 1930 g/mol. The van der Waals surface area contributed by atoms with Crippen LogP contribution in [-0.2, 0) is 122 Å². The number of primary amides is 1. The van der Waals surface area contributed by atoms with Gasteiger partial charge in [0.05, 0.1) is 63.7 Å². The van der Waals surface area contributed by atoms with E-state index in [-0.39, 0.29) is 167 Å². The number of carboxylic acid groups (broad SMARTS) is 1. The van der Waals surface area contributed by atoms with Crippen LogP contribution in [0.4, 0.5) is 8.78 Å². The average molecular weight is 2080 g/mol. The number of aliphatic hydroxyl groups excluding tert-OH is 1. The van der Waals surface area contributed by atoms with Gasteiger partial charge in [0.1, 0.15) is 66.3 Å². The molecule has 804 valence electrons. The molecule has 0 radical (unpaired) electrons. The standard InChI is InChI=1S/C105H151F2N15O22S2/c1-5-6-7-8-9-10-11-12-13-14-15-16-17-28-93(128)117-86(103(138)139)37-38-92(127)111-43-46-141-48-51-144-64-96(131)112-44-47-142-49-50-143-63-95(130)110-42-21-19-26-84-91(126)60-79(69(3)123)99(134)120-88(54-70-29-33-78(124)34-30-70)102(137)122-45-23-40-105(122,4)104(140)121-89(97(109)132)67-146-66-72-25-22-24-71(53-72)65-145-52-39-94(129)116-85(27-18-20-41-108)100(135)115-68(2)90(125)57-73(55-74-61-113-82-35-31-76(106)58-80(74)82)98(133)119-87(101(136)118-84)56-75-62-114-83-36-32-77(107)59-81(75)83/h22,24-25,29-36,53,58-59,61-62,68-69,73,79,84-89,113-114,123-124H,5-21,23,26-28,37-52,54-57,60,63-67,108H2,1-4H3,(H2,109,132)(H,110,130)(H,111,127)(H,112,131)(H,115,135)(H,116,129)(H,117,128)(H,118,136)(H,119,133)(H,120,134)(H,121,140)(H,138,139)/t68-,69-,73-,79+,84+,85+,86+,87+,88+,89+,105+/m1/s1. The summed E-state index contributed by atoms with van der Waals surface area (Å²) in [7, 11) is 0. The third-order valence-corrected chi connectivity index (χ3v) is 28.1. The second-order valence-corrected chi connectivity index (χ2v) is 39.9. The molecule has 8 rings (SSSR count). The van der Waals surface area contributed by atoms with Crippen molar-refractivity contribution in [1.29, 1.82) is 0 Å². The van der Waals surface area contributed by atoms with Gasteiger partial charge in [0.25, 0.3) is 0 Å². The summed E-state index contributed by atoms with van der Waals surface area (Å²) in [6.07, 6.45) is 15.6. The van der Waals surface area contributed by atoms with Gasteiger partial charge in [-0.2, -0.15) is 23.5 Å². The highest BCUT2D eigenvalue weighted by Gasteiger charge is 2.49. The van der Waals surface area contributed by atoms with E-state index < -0.39 is 186 Å². The van der Waals surface area contributed by atoms with Crippen LogP contribution < -0.4 is 64.6 Å². The van der Waals surface area contributed by atoms with Crippen molar-refractivity contribution in [3.63, 3.8) is 0 Å². The number of unbranched alkanes of at least 4 members (excludes halogenated alkanes) is 14. The number of carboxylic acids is 1. The van der Waals surface area contributed by atoms with Crippen LogP contribution in [0.1, 0.15) is 229 Å². The minimum Gasteiger partial charge on any atom is -0.508 e. The largest absolute Gasteiger partial charge is 0.508 e. The lowest BCUT2D eigenvalue weighted by Crippen LogP contribution is -2.62. The third kappa shape index (κ3) is 42.8. The minimum atomic E-state index is -1.70. The molecule has 2 aliphatic heterocycles. The van der Waals surface area contributed by atoms with Crippen LogP contribution in [0.2, 0.25) is 0 Å². The first kappa shape index (κ1) is 120. The summed E-state index contributed by atoms with van der Waals surface area (Å²) in [5.41, 5.74) is 14.0. The maximum atomic E-state index is 15.7. The molecule has 0 saturated carbocycles. The number of fused-ring (bicyclic) bond motifs is 5. The van der Waals surface area contributed by atoms with E-state index in [2.05, 4.69) is 70.1 Å². The van der Waals surface area contributed by atoms with Gasteiger partial charge in [-0.3, -0.25) is 67.1 Å². The number of aromatic hydroxyl groups is 1. The average Bonchev–Trinajstić information content (AvgIpc) is 1.64. The Balaban J connectivity index is 0.913. The molecule has 19 N–H and O–H groups in total. The number of Topliss-reactive ketones (excluding diaryl/α,β-unsaturated/α-hetero) is 2. The molecule has 146 heavy (non-hydrogen) atoms. The number of aliphatic carboxylic acids is 1. The Morgan fingerprint density at radius 3 is 1.72 bits per heavy atom. The normalized spacial score (nSPS) is 20.3. The molecule has 2 bridgehead atoms. The summed E-state index contributed by atoms with van der Waals surface area (Å²) in [5.74, 6) is -14.1. The Labute approximate surface area is 860 Å². The van der Waals surface area contributed by atoms with Crippen molar-refractivity contribution in [2.45, 2.75) is 286 Å². The molecular formula is C105H151F2N15O22S2. The van der Waals surface area contributed by atoms with Crippen LogP contribution in [0.15, 0.2) is 97.3 Å². The smallest absolute Gasteiger partial charge is 0.326 e. The first-order valence-corrected chi connectivity index (χ1v) is 53.5. The van der Waals surface area contributed by atoms with Gasteiger partial charge < -0.3 is 114 Å². The van der Waals surface area contributed by atoms with Crippen LogP contribution in [0.3, 0.4) is 0 Å². The quantitative estimate of drug-likeness (QED) is 0.0160. The number of nitrogens with one attached hydrogen (secondary N) is 12. The molecule has 2 aliphatic rings.